The van der Waals surface area contributed by atoms with Gasteiger partial charge in [-0.05, 0) is 54.3 Å². The lowest BCUT2D eigenvalue weighted by Crippen LogP contribution is -2.83. The van der Waals surface area contributed by atoms with Gasteiger partial charge in [-0.2, -0.15) is 0 Å². The Morgan fingerprint density at radius 3 is 2.55 bits per heavy atom. The molecule has 2 spiro atoms. The molecule has 0 aromatic heterocycles. The number of rotatable bonds is 1. The summed E-state index contributed by atoms with van der Waals surface area (Å²) in [5.74, 6) is 1.80. The van der Waals surface area contributed by atoms with Crippen LogP contribution in [0.4, 0.5) is 0 Å². The minimum Gasteiger partial charge on any atom is -0.392 e. The fourth-order valence-corrected chi connectivity index (χ4v) is 7.64. The molecule has 2 bridgehead atoms. The van der Waals surface area contributed by atoms with Gasteiger partial charge in [0.05, 0.1) is 6.10 Å². The van der Waals surface area contributed by atoms with Crippen molar-refractivity contribution in [2.75, 3.05) is 0 Å². The zero-order valence-corrected chi connectivity index (χ0v) is 14.5. The standard InChI is InChI=1S/C20H30O2/c1-6-17(4)9-10-18(5)13(3)20-11-19(16(18)20,8-7-14(20)21)12(2)15(17)22/h6,12-13,15-16,22H,1,7-11H2,2-5H3/t12-,13?,15?,16?,17+,18?,19?,20?/m0/s1. The molecule has 4 rings (SSSR count). The predicted octanol–water partition coefficient (Wildman–Crippen LogP) is 3.98. The Bertz CT molecular complexity index is 568. The van der Waals surface area contributed by atoms with Crippen LogP contribution in [0, 0.1) is 39.4 Å². The third-order valence-corrected chi connectivity index (χ3v) is 9.19. The number of Topliss-reactive ketones (excluding diaryl/α,β-unsaturated/α-hetero) is 1. The van der Waals surface area contributed by atoms with Crippen molar-refractivity contribution in [1.82, 2.24) is 0 Å². The first-order chi connectivity index (χ1) is 10.2. The van der Waals surface area contributed by atoms with Gasteiger partial charge in [-0.3, -0.25) is 4.79 Å². The lowest BCUT2D eigenvalue weighted by Gasteiger charge is -2.85. The fourth-order valence-electron chi connectivity index (χ4n) is 7.64. The van der Waals surface area contributed by atoms with Crippen LogP contribution in [0.15, 0.2) is 12.7 Å². The highest BCUT2D eigenvalue weighted by atomic mass is 16.3. The zero-order chi connectivity index (χ0) is 16.1. The average Bonchev–Trinajstić information content (AvgIpc) is 2.49. The summed E-state index contributed by atoms with van der Waals surface area (Å²) in [6.45, 7) is 13.2. The van der Waals surface area contributed by atoms with Crippen molar-refractivity contribution in [1.29, 1.82) is 0 Å². The van der Waals surface area contributed by atoms with E-state index in [9.17, 15) is 9.90 Å². The monoisotopic (exact) mass is 302 g/mol. The first kappa shape index (κ1) is 14.9. The number of aliphatic hydroxyl groups excluding tert-OH is 1. The van der Waals surface area contributed by atoms with E-state index in [1.54, 1.807) is 0 Å². The van der Waals surface area contributed by atoms with Crippen LogP contribution in [0.1, 0.15) is 59.8 Å². The molecule has 4 aliphatic rings. The average molecular weight is 302 g/mol. The number of carbonyl (C=O) groups is 1. The van der Waals surface area contributed by atoms with E-state index in [0.29, 0.717) is 17.6 Å². The second kappa shape index (κ2) is 3.88. The summed E-state index contributed by atoms with van der Waals surface area (Å²) in [7, 11) is 0. The molecule has 0 aromatic rings. The van der Waals surface area contributed by atoms with Gasteiger partial charge in [-0.25, -0.2) is 0 Å². The van der Waals surface area contributed by atoms with Gasteiger partial charge in [0.2, 0.25) is 0 Å². The molecule has 0 aromatic carbocycles. The van der Waals surface area contributed by atoms with Gasteiger partial charge in [-0.15, -0.1) is 6.58 Å². The summed E-state index contributed by atoms with van der Waals surface area (Å²) in [5.41, 5.74) is 0.242. The van der Waals surface area contributed by atoms with E-state index in [-0.39, 0.29) is 33.7 Å². The molecule has 4 fully saturated rings. The van der Waals surface area contributed by atoms with Gasteiger partial charge >= 0.3 is 0 Å². The second-order valence-corrected chi connectivity index (χ2v) is 9.48. The SMILES string of the molecule is C=C[C@]1(C)CCC2(C)C(C)C34CC(CCC3=O)(C24)[C@@H](C)C1O. The van der Waals surface area contributed by atoms with E-state index in [1.165, 1.54) is 0 Å². The van der Waals surface area contributed by atoms with Crippen LogP contribution in [0.25, 0.3) is 0 Å². The van der Waals surface area contributed by atoms with Gasteiger partial charge in [0.15, 0.2) is 0 Å². The highest BCUT2D eigenvalue weighted by Gasteiger charge is 2.85. The van der Waals surface area contributed by atoms with E-state index in [4.69, 9.17) is 0 Å². The van der Waals surface area contributed by atoms with E-state index in [2.05, 4.69) is 34.3 Å². The highest BCUT2D eigenvalue weighted by Crippen LogP contribution is 2.87. The van der Waals surface area contributed by atoms with Gasteiger partial charge in [0, 0.05) is 17.3 Å². The summed E-state index contributed by atoms with van der Waals surface area (Å²) in [6.07, 6.45) is 6.51. The number of carbonyl (C=O) groups excluding carboxylic acids is 1. The molecular formula is C20H30O2. The molecule has 0 aliphatic heterocycles. The van der Waals surface area contributed by atoms with Crippen molar-refractivity contribution in [3.05, 3.63) is 12.7 Å². The molecule has 122 valence electrons. The third kappa shape index (κ3) is 1.21. The maximum absolute atomic E-state index is 12.7. The maximum atomic E-state index is 12.7. The molecule has 4 aliphatic carbocycles. The lowest BCUT2D eigenvalue weighted by atomic mass is 9.18. The molecule has 0 amide bonds. The Morgan fingerprint density at radius 2 is 1.91 bits per heavy atom. The summed E-state index contributed by atoms with van der Waals surface area (Å²) >= 11 is 0. The van der Waals surface area contributed by atoms with Crippen LogP contribution < -0.4 is 0 Å². The van der Waals surface area contributed by atoms with Gasteiger partial charge in [-0.1, -0.05) is 33.8 Å². The number of ketones is 1. The van der Waals surface area contributed by atoms with Crippen LogP contribution in [0.3, 0.4) is 0 Å². The van der Waals surface area contributed by atoms with E-state index >= 15 is 0 Å². The topological polar surface area (TPSA) is 37.3 Å². The molecular weight excluding hydrogens is 272 g/mol. The number of aliphatic hydroxyl groups is 1. The molecule has 0 saturated heterocycles. The molecule has 2 nitrogen and oxygen atoms in total. The van der Waals surface area contributed by atoms with Gasteiger partial charge in [0.1, 0.15) is 5.78 Å². The highest BCUT2D eigenvalue weighted by molar-refractivity contribution is 5.90. The van der Waals surface area contributed by atoms with Crippen LogP contribution in [0.5, 0.6) is 0 Å². The van der Waals surface area contributed by atoms with Crippen molar-refractivity contribution in [2.45, 2.75) is 65.9 Å². The molecule has 8 atom stereocenters. The normalized spacial score (nSPS) is 62.9. The van der Waals surface area contributed by atoms with Gasteiger partial charge in [0.25, 0.3) is 0 Å². The molecule has 22 heavy (non-hydrogen) atoms. The minimum atomic E-state index is -0.336. The summed E-state index contributed by atoms with van der Waals surface area (Å²) in [6, 6.07) is 0. The van der Waals surface area contributed by atoms with Crippen LogP contribution in [-0.4, -0.2) is 17.0 Å². The molecule has 0 heterocycles. The predicted molar refractivity (Wildman–Crippen MR) is 87.2 cm³/mol. The zero-order valence-electron chi connectivity index (χ0n) is 14.5. The van der Waals surface area contributed by atoms with Crippen molar-refractivity contribution in [3.8, 4) is 0 Å². The molecule has 6 unspecified atom stereocenters. The Kier molecular flexibility index (Phi) is 2.63. The summed E-state index contributed by atoms with van der Waals surface area (Å²) in [4.78, 5) is 12.7. The Morgan fingerprint density at radius 1 is 1.23 bits per heavy atom. The molecule has 2 heteroatoms. The Hall–Kier alpha value is -0.630. The lowest BCUT2D eigenvalue weighted by molar-refractivity contribution is -0.359. The molecule has 4 saturated carbocycles. The maximum Gasteiger partial charge on any atom is 0.139 e. The summed E-state index contributed by atoms with van der Waals surface area (Å²) < 4.78 is 0. The van der Waals surface area contributed by atoms with E-state index in [1.807, 2.05) is 6.08 Å². The summed E-state index contributed by atoms with van der Waals surface area (Å²) in [5, 5.41) is 11.1. The molecule has 1 N–H and O–H groups in total. The third-order valence-electron chi connectivity index (χ3n) is 9.19. The van der Waals surface area contributed by atoms with Crippen molar-refractivity contribution in [3.63, 3.8) is 0 Å². The van der Waals surface area contributed by atoms with Crippen molar-refractivity contribution >= 4 is 5.78 Å². The number of hydrogen-bond acceptors (Lipinski definition) is 2. The second-order valence-electron chi connectivity index (χ2n) is 9.48. The van der Waals surface area contributed by atoms with Gasteiger partial charge < -0.3 is 5.11 Å². The first-order valence-corrected chi connectivity index (χ1v) is 9.04. The van der Waals surface area contributed by atoms with E-state index < -0.39 is 0 Å². The van der Waals surface area contributed by atoms with Crippen LogP contribution in [-0.2, 0) is 4.79 Å². The number of hydrogen-bond donors (Lipinski definition) is 1. The largest absolute Gasteiger partial charge is 0.392 e. The van der Waals surface area contributed by atoms with Crippen molar-refractivity contribution < 1.29 is 9.90 Å². The van der Waals surface area contributed by atoms with Crippen LogP contribution in [0.2, 0.25) is 0 Å². The van der Waals surface area contributed by atoms with E-state index in [0.717, 1.165) is 32.1 Å². The minimum absolute atomic E-state index is 0.0249. The van der Waals surface area contributed by atoms with Crippen LogP contribution >= 0.6 is 0 Å². The Balaban J connectivity index is 1.83. The fraction of sp³-hybridized carbons (Fsp3) is 0.850. The smallest absolute Gasteiger partial charge is 0.139 e. The first-order valence-electron chi connectivity index (χ1n) is 9.04. The quantitative estimate of drug-likeness (QED) is 0.744. The van der Waals surface area contributed by atoms with Crippen molar-refractivity contribution in [2.24, 2.45) is 39.4 Å². The molecule has 0 radical (unpaired) electrons. The Labute approximate surface area is 134 Å².